The molecule has 0 aliphatic rings. The average molecular weight is 176 g/mol. The lowest BCUT2D eigenvalue weighted by Gasteiger charge is -1.92. The maximum atomic E-state index is 13.2. The second-order valence-corrected chi connectivity index (χ2v) is 2.85. The van der Waals surface area contributed by atoms with Crippen LogP contribution in [0.5, 0.6) is 0 Å². The Morgan fingerprint density at radius 1 is 1.38 bits per heavy atom. The molecule has 0 N–H and O–H groups in total. The third kappa shape index (κ3) is 1.24. The van der Waals surface area contributed by atoms with Crippen molar-refractivity contribution in [3.05, 3.63) is 48.7 Å². The van der Waals surface area contributed by atoms with Crippen LogP contribution in [0.2, 0.25) is 0 Å². The van der Waals surface area contributed by atoms with Crippen LogP contribution >= 0.6 is 0 Å². The largest absolute Gasteiger partial charge is 0.468 e. The number of hydrogen-bond acceptors (Lipinski definition) is 1. The molecule has 0 amide bonds. The Kier molecular flexibility index (Phi) is 1.89. The molecule has 1 aromatic heterocycles. The van der Waals surface area contributed by atoms with E-state index in [4.69, 9.17) is 4.42 Å². The van der Waals surface area contributed by atoms with Crippen LogP contribution in [0.25, 0.3) is 10.8 Å². The molecule has 1 nitrogen and oxygen atoms in total. The van der Waals surface area contributed by atoms with Gasteiger partial charge in [-0.15, -0.1) is 6.58 Å². The third-order valence-electron chi connectivity index (χ3n) is 2.00. The SMILES string of the molecule is C=CCc1occ2c(F)cccc12. The zero-order valence-electron chi connectivity index (χ0n) is 7.09. The van der Waals surface area contributed by atoms with E-state index in [-0.39, 0.29) is 5.82 Å². The molecule has 0 aliphatic heterocycles. The standard InChI is InChI=1S/C11H9FO/c1-2-4-11-8-5-3-6-10(12)9(8)7-13-11/h2-3,5-7H,1,4H2. The van der Waals surface area contributed by atoms with Crippen molar-refractivity contribution in [2.75, 3.05) is 0 Å². The Bertz CT molecular complexity index is 442. The summed E-state index contributed by atoms with van der Waals surface area (Å²) in [7, 11) is 0. The Balaban J connectivity index is 2.67. The summed E-state index contributed by atoms with van der Waals surface area (Å²) in [5.41, 5.74) is 0. The van der Waals surface area contributed by atoms with E-state index in [0.717, 1.165) is 11.1 Å². The maximum absolute atomic E-state index is 13.2. The molecule has 1 heterocycles. The minimum atomic E-state index is -0.239. The van der Waals surface area contributed by atoms with Gasteiger partial charge in [0.15, 0.2) is 0 Å². The summed E-state index contributed by atoms with van der Waals surface area (Å²) in [5.74, 6) is 0.529. The van der Waals surface area contributed by atoms with Crippen molar-refractivity contribution < 1.29 is 8.81 Å². The zero-order chi connectivity index (χ0) is 9.26. The van der Waals surface area contributed by atoms with Gasteiger partial charge in [-0.2, -0.15) is 0 Å². The van der Waals surface area contributed by atoms with E-state index in [1.807, 2.05) is 6.07 Å². The lowest BCUT2D eigenvalue weighted by atomic mass is 10.1. The van der Waals surface area contributed by atoms with Gasteiger partial charge in [0.2, 0.25) is 0 Å². The highest BCUT2D eigenvalue weighted by atomic mass is 19.1. The van der Waals surface area contributed by atoms with E-state index in [1.165, 1.54) is 12.3 Å². The van der Waals surface area contributed by atoms with E-state index in [2.05, 4.69) is 6.58 Å². The molecule has 0 saturated carbocycles. The highest BCUT2D eigenvalue weighted by Crippen LogP contribution is 2.23. The quantitative estimate of drug-likeness (QED) is 0.640. The molecular formula is C11H9FO. The summed E-state index contributed by atoms with van der Waals surface area (Å²) in [6.45, 7) is 3.61. The van der Waals surface area contributed by atoms with Gasteiger partial charge < -0.3 is 4.42 Å². The topological polar surface area (TPSA) is 13.1 Å². The average Bonchev–Trinajstić information content (AvgIpc) is 2.51. The minimum Gasteiger partial charge on any atom is -0.468 e. The number of benzene rings is 1. The van der Waals surface area contributed by atoms with Gasteiger partial charge in [0.25, 0.3) is 0 Å². The predicted octanol–water partition coefficient (Wildman–Crippen LogP) is 3.30. The first-order chi connectivity index (χ1) is 6.33. The molecule has 0 unspecified atom stereocenters. The monoisotopic (exact) mass is 176 g/mol. The minimum absolute atomic E-state index is 0.239. The lowest BCUT2D eigenvalue weighted by molar-refractivity contribution is 0.527. The number of fused-ring (bicyclic) bond motifs is 1. The predicted molar refractivity (Wildman–Crippen MR) is 50.1 cm³/mol. The first-order valence-corrected chi connectivity index (χ1v) is 4.08. The van der Waals surface area contributed by atoms with E-state index in [1.54, 1.807) is 12.1 Å². The van der Waals surface area contributed by atoms with Gasteiger partial charge in [-0.1, -0.05) is 18.2 Å². The number of furan rings is 1. The summed E-state index contributed by atoms with van der Waals surface area (Å²) in [4.78, 5) is 0. The number of rotatable bonds is 2. The van der Waals surface area contributed by atoms with E-state index in [0.29, 0.717) is 11.8 Å². The van der Waals surface area contributed by atoms with E-state index < -0.39 is 0 Å². The fourth-order valence-electron chi connectivity index (χ4n) is 1.38. The highest BCUT2D eigenvalue weighted by molar-refractivity contribution is 5.84. The molecule has 0 aliphatic carbocycles. The molecule has 0 atom stereocenters. The van der Waals surface area contributed by atoms with Gasteiger partial charge in [0.1, 0.15) is 17.8 Å². The van der Waals surface area contributed by atoms with Crippen LogP contribution in [-0.4, -0.2) is 0 Å². The second kappa shape index (κ2) is 3.05. The highest BCUT2D eigenvalue weighted by Gasteiger charge is 2.07. The van der Waals surface area contributed by atoms with Crippen molar-refractivity contribution in [2.45, 2.75) is 6.42 Å². The summed E-state index contributed by atoms with van der Waals surface area (Å²) in [6, 6.07) is 4.95. The molecule has 1 aromatic carbocycles. The van der Waals surface area contributed by atoms with Gasteiger partial charge in [-0.3, -0.25) is 0 Å². The Hall–Kier alpha value is -1.57. The summed E-state index contributed by atoms with van der Waals surface area (Å²) in [5, 5.41) is 1.37. The Morgan fingerprint density at radius 2 is 2.23 bits per heavy atom. The smallest absolute Gasteiger partial charge is 0.134 e. The van der Waals surface area contributed by atoms with Crippen LogP contribution in [0.1, 0.15) is 5.76 Å². The van der Waals surface area contributed by atoms with Crippen LogP contribution in [-0.2, 0) is 6.42 Å². The van der Waals surface area contributed by atoms with Gasteiger partial charge >= 0.3 is 0 Å². The molecule has 0 radical (unpaired) electrons. The van der Waals surface area contributed by atoms with Crippen molar-refractivity contribution in [2.24, 2.45) is 0 Å². The number of halogens is 1. The van der Waals surface area contributed by atoms with Crippen LogP contribution in [0.15, 0.2) is 41.5 Å². The van der Waals surface area contributed by atoms with E-state index in [9.17, 15) is 4.39 Å². The Morgan fingerprint density at radius 3 is 3.00 bits per heavy atom. The second-order valence-electron chi connectivity index (χ2n) is 2.85. The lowest BCUT2D eigenvalue weighted by Crippen LogP contribution is -1.78. The molecule has 2 aromatic rings. The summed E-state index contributed by atoms with van der Waals surface area (Å²) >= 11 is 0. The van der Waals surface area contributed by atoms with Crippen molar-refractivity contribution in [3.8, 4) is 0 Å². The maximum Gasteiger partial charge on any atom is 0.134 e. The van der Waals surface area contributed by atoms with Crippen molar-refractivity contribution >= 4 is 10.8 Å². The molecule has 2 rings (SSSR count). The van der Waals surface area contributed by atoms with Gasteiger partial charge in [0.05, 0.1) is 5.39 Å². The molecular weight excluding hydrogens is 167 g/mol. The zero-order valence-corrected chi connectivity index (χ0v) is 7.09. The fraction of sp³-hybridized carbons (Fsp3) is 0.0909. The molecule has 13 heavy (non-hydrogen) atoms. The van der Waals surface area contributed by atoms with E-state index >= 15 is 0 Å². The third-order valence-corrected chi connectivity index (χ3v) is 2.00. The molecule has 0 bridgehead atoms. The molecule has 0 spiro atoms. The molecule has 0 saturated heterocycles. The van der Waals surface area contributed by atoms with Crippen LogP contribution < -0.4 is 0 Å². The fourth-order valence-corrected chi connectivity index (χ4v) is 1.38. The summed E-state index contributed by atoms with van der Waals surface area (Å²) < 4.78 is 18.4. The molecule has 66 valence electrons. The molecule has 2 heteroatoms. The van der Waals surface area contributed by atoms with Crippen molar-refractivity contribution in [1.29, 1.82) is 0 Å². The van der Waals surface area contributed by atoms with Gasteiger partial charge in [-0.25, -0.2) is 4.39 Å². The normalized spacial score (nSPS) is 10.5. The Labute approximate surface area is 75.5 Å². The van der Waals surface area contributed by atoms with Crippen LogP contribution in [0.3, 0.4) is 0 Å². The van der Waals surface area contributed by atoms with Gasteiger partial charge in [0, 0.05) is 11.8 Å². The van der Waals surface area contributed by atoms with Crippen molar-refractivity contribution in [1.82, 2.24) is 0 Å². The van der Waals surface area contributed by atoms with Crippen LogP contribution in [0.4, 0.5) is 4.39 Å². The van der Waals surface area contributed by atoms with Crippen molar-refractivity contribution in [3.63, 3.8) is 0 Å². The van der Waals surface area contributed by atoms with Crippen LogP contribution in [0, 0.1) is 5.82 Å². The first kappa shape index (κ1) is 8.05. The first-order valence-electron chi connectivity index (χ1n) is 4.08. The van der Waals surface area contributed by atoms with Gasteiger partial charge in [-0.05, 0) is 6.07 Å². The number of allylic oxidation sites excluding steroid dienone is 1. The number of hydrogen-bond donors (Lipinski definition) is 0. The molecule has 0 fully saturated rings. The summed E-state index contributed by atoms with van der Waals surface area (Å²) in [6.07, 6.45) is 3.82.